The van der Waals surface area contributed by atoms with Gasteiger partial charge in [0.05, 0.1) is 22.3 Å². The molecule has 0 aliphatic heterocycles. The van der Waals surface area contributed by atoms with Gasteiger partial charge in [0, 0.05) is 40.7 Å². The summed E-state index contributed by atoms with van der Waals surface area (Å²) >= 11 is 0. The summed E-state index contributed by atoms with van der Waals surface area (Å²) in [4.78, 5) is 102. The fourth-order valence-electron chi connectivity index (χ4n) is 6.10. The van der Waals surface area contributed by atoms with Gasteiger partial charge in [0.1, 0.15) is 0 Å². The topological polar surface area (TPSA) is 203 Å². The Hall–Kier alpha value is -8.26. The second kappa shape index (κ2) is 20.3. The van der Waals surface area contributed by atoms with E-state index in [0.717, 1.165) is 17.7 Å². The van der Waals surface area contributed by atoms with Crippen molar-refractivity contribution in [3.05, 3.63) is 185 Å². The molecule has 14 nitrogen and oxygen atoms in total. The Morgan fingerprint density at radius 1 is 0.508 bits per heavy atom. The van der Waals surface area contributed by atoms with Crippen molar-refractivity contribution >= 4 is 64.2 Å². The molecule has 320 valence electrons. The number of rotatable bonds is 17. The van der Waals surface area contributed by atoms with Crippen LogP contribution in [0.4, 0.5) is 17.1 Å². The van der Waals surface area contributed by atoms with Gasteiger partial charge in [-0.1, -0.05) is 56.8 Å². The third-order valence-corrected chi connectivity index (χ3v) is 9.90. The summed E-state index contributed by atoms with van der Waals surface area (Å²) < 4.78 is 10.3. The van der Waals surface area contributed by atoms with Gasteiger partial charge < -0.3 is 30.7 Å². The number of carbonyl (C=O) groups excluding carboxylic acids is 8. The smallest absolute Gasteiger partial charge is 0.339 e. The number of anilines is 3. The van der Waals surface area contributed by atoms with Gasteiger partial charge in [-0.15, -0.1) is 0 Å². The molecular formula is C49H44N4O10. The summed E-state index contributed by atoms with van der Waals surface area (Å²) in [6.07, 6.45) is 2.01. The monoisotopic (exact) mass is 848 g/mol. The van der Waals surface area contributed by atoms with Crippen molar-refractivity contribution in [1.82, 2.24) is 5.32 Å². The molecule has 4 amide bonds. The van der Waals surface area contributed by atoms with Gasteiger partial charge in [0.25, 0.3) is 23.6 Å². The zero-order valence-electron chi connectivity index (χ0n) is 35.0. The summed E-state index contributed by atoms with van der Waals surface area (Å²) in [7, 11) is 1.39. The summed E-state index contributed by atoms with van der Waals surface area (Å²) in [6.45, 7) is 11.1. The second-order valence-corrected chi connectivity index (χ2v) is 14.6. The Morgan fingerprint density at radius 3 is 1.27 bits per heavy atom. The van der Waals surface area contributed by atoms with Gasteiger partial charge in [-0.05, 0) is 115 Å². The molecule has 0 radical (unpaired) electrons. The van der Waals surface area contributed by atoms with Crippen molar-refractivity contribution in [2.45, 2.75) is 26.2 Å². The van der Waals surface area contributed by atoms with E-state index in [2.05, 4.69) is 34.4 Å². The molecule has 0 saturated carbocycles. The normalized spacial score (nSPS) is 10.7. The van der Waals surface area contributed by atoms with E-state index < -0.39 is 59.9 Å². The molecule has 5 aromatic rings. The van der Waals surface area contributed by atoms with Gasteiger partial charge in [-0.3, -0.25) is 28.8 Å². The average molecular weight is 849 g/mol. The van der Waals surface area contributed by atoms with E-state index in [1.54, 1.807) is 62.4 Å². The summed E-state index contributed by atoms with van der Waals surface area (Å²) in [6, 6.07) is 28.7. The van der Waals surface area contributed by atoms with Gasteiger partial charge in [-0.2, -0.15) is 0 Å². The minimum atomic E-state index is -0.967. The van der Waals surface area contributed by atoms with Crippen LogP contribution in [0.25, 0.3) is 0 Å². The van der Waals surface area contributed by atoms with E-state index in [4.69, 9.17) is 9.47 Å². The van der Waals surface area contributed by atoms with Crippen LogP contribution in [0.5, 0.6) is 0 Å². The Kier molecular flexibility index (Phi) is 14.8. The summed E-state index contributed by atoms with van der Waals surface area (Å²) in [5.41, 5.74) is 2.80. The third-order valence-electron chi connectivity index (χ3n) is 9.90. The molecule has 0 atom stereocenters. The number of hydrogen-bond donors (Lipinski definition) is 4. The Balaban J connectivity index is 1.36. The second-order valence-electron chi connectivity index (χ2n) is 14.6. The number of aryl methyl sites for hydroxylation is 1. The Bertz CT molecular complexity index is 2630. The highest BCUT2D eigenvalue weighted by Crippen LogP contribution is 2.34. The van der Waals surface area contributed by atoms with Crippen LogP contribution in [0.15, 0.2) is 135 Å². The predicted molar refractivity (Wildman–Crippen MR) is 237 cm³/mol. The molecule has 0 aromatic heterocycles. The van der Waals surface area contributed by atoms with Crippen molar-refractivity contribution in [2.24, 2.45) is 0 Å². The van der Waals surface area contributed by atoms with Crippen molar-refractivity contribution in [2.75, 3.05) is 36.2 Å². The lowest BCUT2D eigenvalue weighted by Gasteiger charge is -2.28. The average Bonchev–Trinajstić information content (AvgIpc) is 3.29. The number of amides is 4. The van der Waals surface area contributed by atoms with Crippen LogP contribution in [-0.4, -0.2) is 67.4 Å². The third kappa shape index (κ3) is 11.5. The van der Waals surface area contributed by atoms with Crippen molar-refractivity contribution < 1.29 is 47.8 Å². The SMILES string of the molecule is C=CC(=O)COC(=O)c1ccc(C(C)(C)c2ccc(C(=O)OCC(=O)C=C)c(C(=O)Nc3ccc(C(=O)Nc4ccc(NC(=O)c5ccc(C)cc5)cc4)cc3)c2)cc1C(=O)NC. The molecule has 63 heavy (non-hydrogen) atoms. The molecule has 4 N–H and O–H groups in total. The van der Waals surface area contributed by atoms with E-state index in [1.165, 1.54) is 55.6 Å². The lowest BCUT2D eigenvalue weighted by molar-refractivity contribution is -0.118. The lowest BCUT2D eigenvalue weighted by atomic mass is 9.76. The highest BCUT2D eigenvalue weighted by Gasteiger charge is 2.30. The fraction of sp³-hybridized carbons (Fsp3) is 0.143. The molecule has 0 spiro atoms. The van der Waals surface area contributed by atoms with Crippen molar-refractivity contribution in [1.29, 1.82) is 0 Å². The highest BCUT2D eigenvalue weighted by molar-refractivity contribution is 6.12. The van der Waals surface area contributed by atoms with E-state index in [9.17, 15) is 38.4 Å². The number of ether oxygens (including phenoxy) is 2. The number of esters is 2. The number of ketones is 2. The number of hydrogen-bond acceptors (Lipinski definition) is 10. The first-order valence-electron chi connectivity index (χ1n) is 19.4. The van der Waals surface area contributed by atoms with E-state index in [0.29, 0.717) is 28.1 Å². The van der Waals surface area contributed by atoms with Crippen molar-refractivity contribution in [3.8, 4) is 0 Å². The van der Waals surface area contributed by atoms with Gasteiger partial charge in [0.15, 0.2) is 24.8 Å². The molecule has 0 bridgehead atoms. The first kappa shape index (κ1) is 45.8. The highest BCUT2D eigenvalue weighted by atomic mass is 16.5. The minimum absolute atomic E-state index is 0.0289. The van der Waals surface area contributed by atoms with Crippen LogP contribution in [0.3, 0.4) is 0 Å². The maximum Gasteiger partial charge on any atom is 0.339 e. The molecule has 0 heterocycles. The van der Waals surface area contributed by atoms with E-state index >= 15 is 0 Å². The van der Waals surface area contributed by atoms with Crippen LogP contribution in [0, 0.1) is 6.92 Å². The van der Waals surface area contributed by atoms with Crippen LogP contribution in [-0.2, 0) is 24.5 Å². The first-order chi connectivity index (χ1) is 30.0. The zero-order chi connectivity index (χ0) is 45.8. The molecule has 0 aliphatic rings. The maximum absolute atomic E-state index is 14.0. The van der Waals surface area contributed by atoms with Gasteiger partial charge in [-0.25, -0.2) is 9.59 Å². The standard InChI is InChI=1S/C49H44N4O10/c1-7-37(54)27-62-47(60)39-23-15-32(25-41(39)45(58)50-6)49(4,5)33-16-24-40(48(61)63-28-38(55)8-2)42(26-33)46(59)53-34-17-13-31(14-18-34)44(57)52-36-21-19-35(20-22-36)51-43(56)30-11-9-29(3)10-12-30/h7-26H,1-2,27-28H2,3-6H3,(H,50,58)(H,51,56)(H,52,57)(H,53,59). The largest absolute Gasteiger partial charge is 0.454 e. The predicted octanol–water partition coefficient (Wildman–Crippen LogP) is 7.26. The van der Waals surface area contributed by atoms with E-state index in [-0.39, 0.29) is 39.4 Å². The molecule has 14 heteroatoms. The fourth-order valence-corrected chi connectivity index (χ4v) is 6.10. The van der Waals surface area contributed by atoms with Crippen LogP contribution >= 0.6 is 0 Å². The van der Waals surface area contributed by atoms with Crippen LogP contribution in [0.1, 0.15) is 92.7 Å². The molecule has 5 rings (SSSR count). The number of carbonyl (C=O) groups is 8. The van der Waals surface area contributed by atoms with Crippen molar-refractivity contribution in [3.63, 3.8) is 0 Å². The summed E-state index contributed by atoms with van der Waals surface area (Å²) in [5.74, 6) is -4.95. The van der Waals surface area contributed by atoms with Gasteiger partial charge >= 0.3 is 11.9 Å². The van der Waals surface area contributed by atoms with E-state index in [1.807, 2.05) is 19.1 Å². The molecule has 5 aromatic carbocycles. The van der Waals surface area contributed by atoms with Crippen LogP contribution < -0.4 is 21.3 Å². The van der Waals surface area contributed by atoms with Gasteiger partial charge in [0.2, 0.25) is 0 Å². The minimum Gasteiger partial charge on any atom is -0.454 e. The van der Waals surface area contributed by atoms with Crippen LogP contribution in [0.2, 0.25) is 0 Å². The quantitative estimate of drug-likeness (QED) is 0.0545. The molecule has 0 saturated heterocycles. The molecular weight excluding hydrogens is 805 g/mol. The Morgan fingerprint density at radius 2 is 0.873 bits per heavy atom. The molecule has 0 fully saturated rings. The maximum atomic E-state index is 14.0. The molecule has 0 aliphatic carbocycles. The molecule has 0 unspecified atom stereocenters. The number of nitrogens with one attached hydrogen (secondary N) is 4. The zero-order valence-corrected chi connectivity index (χ0v) is 35.0. The Labute approximate surface area is 363 Å². The first-order valence-corrected chi connectivity index (χ1v) is 19.4. The lowest BCUT2D eigenvalue weighted by Crippen LogP contribution is -2.26. The number of benzene rings is 5. The summed E-state index contributed by atoms with van der Waals surface area (Å²) in [5, 5.41) is 10.9.